The fourth-order valence-electron chi connectivity index (χ4n) is 3.86. The molecule has 1 saturated carbocycles. The van der Waals surface area contributed by atoms with Gasteiger partial charge in [-0.05, 0) is 37.8 Å². The lowest BCUT2D eigenvalue weighted by atomic mass is 9.72. The van der Waals surface area contributed by atoms with E-state index in [0.717, 1.165) is 6.54 Å². The molecule has 1 saturated heterocycles. The second-order valence-electron chi connectivity index (χ2n) is 6.05. The second-order valence-corrected chi connectivity index (χ2v) is 6.05. The summed E-state index contributed by atoms with van der Waals surface area (Å²) in [6.45, 7) is 2.29. The number of fused-ring (bicyclic) bond motifs is 1. The van der Waals surface area contributed by atoms with Crippen LogP contribution in [0.15, 0.2) is 30.3 Å². The Morgan fingerprint density at radius 2 is 1.89 bits per heavy atom. The zero-order valence-corrected chi connectivity index (χ0v) is 11.1. The number of nitrogens with zero attached hydrogens (tertiary/aromatic N) is 1. The van der Waals surface area contributed by atoms with Crippen molar-refractivity contribution in [3.63, 3.8) is 0 Å². The van der Waals surface area contributed by atoms with E-state index >= 15 is 0 Å². The third kappa shape index (κ3) is 2.32. The van der Waals surface area contributed by atoms with Gasteiger partial charge in [0.25, 0.3) is 0 Å². The van der Waals surface area contributed by atoms with Crippen molar-refractivity contribution in [3.05, 3.63) is 35.9 Å². The normalized spacial score (nSPS) is 33.1. The summed E-state index contributed by atoms with van der Waals surface area (Å²) in [5.74, 6) is 0. The van der Waals surface area contributed by atoms with E-state index in [0.29, 0.717) is 6.04 Å². The third-order valence-corrected chi connectivity index (χ3v) is 4.79. The van der Waals surface area contributed by atoms with E-state index in [4.69, 9.17) is 5.73 Å². The van der Waals surface area contributed by atoms with Gasteiger partial charge in [0.05, 0.1) is 0 Å². The van der Waals surface area contributed by atoms with Gasteiger partial charge in [-0.3, -0.25) is 4.90 Å². The number of piperidine rings is 1. The van der Waals surface area contributed by atoms with E-state index < -0.39 is 0 Å². The van der Waals surface area contributed by atoms with E-state index in [2.05, 4.69) is 35.2 Å². The molecule has 1 aliphatic heterocycles. The number of nitrogens with two attached hydrogens (primary N) is 1. The minimum absolute atomic E-state index is 0.102. The fraction of sp³-hybridized carbons (Fsp3) is 0.625. The summed E-state index contributed by atoms with van der Waals surface area (Å²) in [5.41, 5.74) is 8.19. The highest BCUT2D eigenvalue weighted by molar-refractivity contribution is 5.15. The predicted molar refractivity (Wildman–Crippen MR) is 75.3 cm³/mol. The highest BCUT2D eigenvalue weighted by Gasteiger charge is 2.42. The number of hydrogen-bond acceptors (Lipinski definition) is 2. The summed E-state index contributed by atoms with van der Waals surface area (Å²) >= 11 is 0. The van der Waals surface area contributed by atoms with Gasteiger partial charge in [0.1, 0.15) is 0 Å². The molecule has 1 aromatic carbocycles. The molecule has 0 bridgehead atoms. The number of benzene rings is 1. The monoisotopic (exact) mass is 244 g/mol. The Balaban J connectivity index is 1.75. The molecule has 0 spiro atoms. The topological polar surface area (TPSA) is 29.3 Å². The van der Waals surface area contributed by atoms with E-state index in [-0.39, 0.29) is 5.54 Å². The first-order valence-electron chi connectivity index (χ1n) is 7.35. The third-order valence-electron chi connectivity index (χ3n) is 4.79. The maximum absolute atomic E-state index is 6.67. The summed E-state index contributed by atoms with van der Waals surface area (Å²) < 4.78 is 0. The van der Waals surface area contributed by atoms with Gasteiger partial charge >= 0.3 is 0 Å². The molecule has 2 atom stereocenters. The van der Waals surface area contributed by atoms with Gasteiger partial charge in [0.15, 0.2) is 0 Å². The van der Waals surface area contributed by atoms with Crippen LogP contribution in [0.5, 0.6) is 0 Å². The predicted octanol–water partition coefficient (Wildman–Crippen LogP) is 2.92. The minimum atomic E-state index is 0.102. The maximum Gasteiger partial charge on any atom is 0.0312 e. The molecule has 0 amide bonds. The highest BCUT2D eigenvalue weighted by atomic mass is 15.2. The molecule has 2 fully saturated rings. The van der Waals surface area contributed by atoms with Crippen LogP contribution in [-0.2, 0) is 6.54 Å². The van der Waals surface area contributed by atoms with Crippen molar-refractivity contribution in [2.24, 2.45) is 5.73 Å². The zero-order chi connectivity index (χ0) is 12.4. The average molecular weight is 244 g/mol. The maximum atomic E-state index is 6.67. The lowest BCUT2D eigenvalue weighted by molar-refractivity contribution is 0.0329. The van der Waals surface area contributed by atoms with Crippen molar-refractivity contribution < 1.29 is 0 Å². The number of likely N-dealkylation sites (tertiary alicyclic amines) is 1. The molecule has 98 valence electrons. The van der Waals surface area contributed by atoms with Gasteiger partial charge in [0, 0.05) is 18.1 Å². The van der Waals surface area contributed by atoms with Crippen LogP contribution in [0.1, 0.15) is 44.1 Å². The van der Waals surface area contributed by atoms with Gasteiger partial charge in [-0.15, -0.1) is 0 Å². The van der Waals surface area contributed by atoms with Gasteiger partial charge in [-0.25, -0.2) is 0 Å². The van der Waals surface area contributed by atoms with Crippen LogP contribution >= 0.6 is 0 Å². The van der Waals surface area contributed by atoms with Gasteiger partial charge in [0.2, 0.25) is 0 Å². The second kappa shape index (κ2) is 5.02. The van der Waals surface area contributed by atoms with Crippen LogP contribution in [0.4, 0.5) is 0 Å². The van der Waals surface area contributed by atoms with Crippen molar-refractivity contribution >= 4 is 0 Å². The van der Waals surface area contributed by atoms with Crippen LogP contribution in [0.3, 0.4) is 0 Å². The zero-order valence-electron chi connectivity index (χ0n) is 11.1. The smallest absolute Gasteiger partial charge is 0.0312 e. The first-order chi connectivity index (χ1) is 8.78. The summed E-state index contributed by atoms with van der Waals surface area (Å²) in [5, 5.41) is 0. The lowest BCUT2D eigenvalue weighted by Gasteiger charge is -2.51. The number of rotatable bonds is 2. The first kappa shape index (κ1) is 12.2. The van der Waals surface area contributed by atoms with E-state index in [1.165, 1.54) is 50.6 Å². The van der Waals surface area contributed by atoms with Crippen LogP contribution < -0.4 is 5.73 Å². The quantitative estimate of drug-likeness (QED) is 0.866. The van der Waals surface area contributed by atoms with Crippen molar-refractivity contribution in [3.8, 4) is 0 Å². The van der Waals surface area contributed by atoms with Gasteiger partial charge in [-0.2, -0.15) is 0 Å². The van der Waals surface area contributed by atoms with Crippen LogP contribution in [0.25, 0.3) is 0 Å². The lowest BCUT2D eigenvalue weighted by Crippen LogP contribution is -2.62. The molecule has 2 aliphatic rings. The van der Waals surface area contributed by atoms with Crippen LogP contribution in [0.2, 0.25) is 0 Å². The van der Waals surface area contributed by atoms with Crippen molar-refractivity contribution in [2.45, 2.75) is 56.7 Å². The summed E-state index contributed by atoms with van der Waals surface area (Å²) in [7, 11) is 0. The summed E-state index contributed by atoms with van der Waals surface area (Å²) in [6.07, 6.45) is 7.69. The molecular formula is C16H24N2. The molecule has 1 aromatic rings. The highest BCUT2D eigenvalue weighted by Crippen LogP contribution is 2.37. The molecule has 1 unspecified atom stereocenters. The minimum Gasteiger partial charge on any atom is -0.324 e. The molecule has 3 rings (SSSR count). The number of hydrogen-bond donors (Lipinski definition) is 1. The fourth-order valence-corrected chi connectivity index (χ4v) is 3.86. The Morgan fingerprint density at radius 3 is 2.72 bits per heavy atom. The summed E-state index contributed by atoms with van der Waals surface area (Å²) in [6, 6.07) is 11.4. The molecule has 2 nitrogen and oxygen atoms in total. The Kier molecular flexibility index (Phi) is 3.40. The first-order valence-corrected chi connectivity index (χ1v) is 7.35. The van der Waals surface area contributed by atoms with E-state index in [9.17, 15) is 0 Å². The molecule has 18 heavy (non-hydrogen) atoms. The SMILES string of the molecule is N[C@]12CCCCC1N(Cc1ccccc1)CCC2. The Morgan fingerprint density at radius 1 is 1.11 bits per heavy atom. The van der Waals surface area contributed by atoms with Crippen LogP contribution in [-0.4, -0.2) is 23.0 Å². The van der Waals surface area contributed by atoms with Crippen molar-refractivity contribution in [1.82, 2.24) is 4.90 Å². The molecule has 1 heterocycles. The van der Waals surface area contributed by atoms with Crippen molar-refractivity contribution in [2.75, 3.05) is 6.54 Å². The largest absolute Gasteiger partial charge is 0.324 e. The molecule has 2 N–H and O–H groups in total. The van der Waals surface area contributed by atoms with E-state index in [1.54, 1.807) is 0 Å². The Hall–Kier alpha value is -0.860. The van der Waals surface area contributed by atoms with Gasteiger partial charge < -0.3 is 5.73 Å². The molecule has 1 aliphatic carbocycles. The summed E-state index contributed by atoms with van der Waals surface area (Å²) in [4.78, 5) is 2.64. The molecule has 0 aromatic heterocycles. The molecule has 2 heteroatoms. The van der Waals surface area contributed by atoms with Crippen molar-refractivity contribution in [1.29, 1.82) is 0 Å². The van der Waals surface area contributed by atoms with Crippen LogP contribution in [0, 0.1) is 0 Å². The Labute approximate surface area is 110 Å². The molecular weight excluding hydrogens is 220 g/mol. The van der Waals surface area contributed by atoms with E-state index in [1.807, 2.05) is 0 Å². The van der Waals surface area contributed by atoms with Gasteiger partial charge in [-0.1, -0.05) is 43.2 Å². The Bertz CT molecular complexity index is 385. The standard InChI is InChI=1S/C16H24N2/c17-16-10-5-4-9-15(16)18(12-6-11-16)13-14-7-2-1-3-8-14/h1-3,7-8,15H,4-6,9-13,17H2/t15?,16-/m0/s1. The molecule has 0 radical (unpaired) electrons. The average Bonchev–Trinajstić information content (AvgIpc) is 2.39.